The van der Waals surface area contributed by atoms with Gasteiger partial charge < -0.3 is 25.2 Å². The SMILES string of the molecule is Cc1ccccc1NC(=O)N1C[C@H]2C[C@@H](C(=O)NCCN(C)C)[C@@H](C1)O2. The molecule has 26 heavy (non-hydrogen) atoms. The zero-order valence-electron chi connectivity index (χ0n) is 15.7. The molecule has 2 heterocycles. The fourth-order valence-electron chi connectivity index (χ4n) is 3.54. The molecular formula is C19H28N4O3. The molecule has 2 N–H and O–H groups in total. The number of aryl methyl sites for hydroxylation is 1. The number of likely N-dealkylation sites (tertiary alicyclic amines) is 1. The van der Waals surface area contributed by atoms with E-state index in [0.717, 1.165) is 17.8 Å². The van der Waals surface area contributed by atoms with Crippen molar-refractivity contribution >= 4 is 17.6 Å². The van der Waals surface area contributed by atoms with Gasteiger partial charge in [-0.15, -0.1) is 0 Å². The van der Waals surface area contributed by atoms with Gasteiger partial charge in [-0.2, -0.15) is 0 Å². The molecule has 1 aromatic carbocycles. The number of hydrogen-bond acceptors (Lipinski definition) is 4. The van der Waals surface area contributed by atoms with Crippen LogP contribution in [0.2, 0.25) is 0 Å². The fourth-order valence-corrected chi connectivity index (χ4v) is 3.54. The molecule has 1 aromatic rings. The molecule has 7 nitrogen and oxygen atoms in total. The minimum absolute atomic E-state index is 0.0283. The Morgan fingerprint density at radius 3 is 2.77 bits per heavy atom. The molecule has 0 spiro atoms. The lowest BCUT2D eigenvalue weighted by Gasteiger charge is -2.33. The van der Waals surface area contributed by atoms with Crippen molar-refractivity contribution in [2.45, 2.75) is 25.6 Å². The molecule has 3 atom stereocenters. The molecule has 0 unspecified atom stereocenters. The number of carbonyl (C=O) groups is 2. The molecule has 2 saturated heterocycles. The summed E-state index contributed by atoms with van der Waals surface area (Å²) >= 11 is 0. The van der Waals surface area contributed by atoms with Crippen molar-refractivity contribution in [2.75, 3.05) is 45.6 Å². The molecule has 2 aliphatic heterocycles. The summed E-state index contributed by atoms with van der Waals surface area (Å²) in [6.45, 7) is 4.36. The topological polar surface area (TPSA) is 73.9 Å². The van der Waals surface area contributed by atoms with Gasteiger partial charge in [0.2, 0.25) is 5.91 Å². The van der Waals surface area contributed by atoms with Crippen LogP contribution in [0.25, 0.3) is 0 Å². The van der Waals surface area contributed by atoms with Gasteiger partial charge in [-0.1, -0.05) is 18.2 Å². The normalized spacial score (nSPS) is 24.6. The number of carbonyl (C=O) groups excluding carboxylic acids is 2. The quantitative estimate of drug-likeness (QED) is 0.830. The number of likely N-dealkylation sites (N-methyl/N-ethyl adjacent to an activating group) is 1. The average molecular weight is 360 g/mol. The highest BCUT2D eigenvalue weighted by Crippen LogP contribution is 2.32. The number of amides is 3. The van der Waals surface area contributed by atoms with E-state index in [1.807, 2.05) is 50.2 Å². The van der Waals surface area contributed by atoms with Crippen molar-refractivity contribution in [2.24, 2.45) is 5.92 Å². The molecule has 0 saturated carbocycles. The van der Waals surface area contributed by atoms with Crippen LogP contribution < -0.4 is 10.6 Å². The molecule has 3 amide bonds. The van der Waals surface area contributed by atoms with Crippen molar-refractivity contribution in [3.05, 3.63) is 29.8 Å². The lowest BCUT2D eigenvalue weighted by atomic mass is 9.99. The number of nitrogens with zero attached hydrogens (tertiary/aromatic N) is 2. The van der Waals surface area contributed by atoms with Gasteiger partial charge in [-0.3, -0.25) is 4.79 Å². The third kappa shape index (κ3) is 4.34. The Labute approximate surface area is 154 Å². The number of ether oxygens (including phenoxy) is 1. The fraction of sp³-hybridized carbons (Fsp3) is 0.579. The Morgan fingerprint density at radius 1 is 1.27 bits per heavy atom. The van der Waals surface area contributed by atoms with Gasteiger partial charge in [0.05, 0.1) is 18.1 Å². The molecule has 7 heteroatoms. The Hall–Kier alpha value is -2.12. The van der Waals surface area contributed by atoms with Crippen molar-refractivity contribution in [3.8, 4) is 0 Å². The number of fused-ring (bicyclic) bond motifs is 2. The third-order valence-corrected chi connectivity index (χ3v) is 5.03. The summed E-state index contributed by atoms with van der Waals surface area (Å²) in [5, 5.41) is 5.95. The number of urea groups is 1. The Kier molecular flexibility index (Phi) is 5.78. The van der Waals surface area contributed by atoms with Crippen molar-refractivity contribution in [3.63, 3.8) is 0 Å². The molecule has 0 radical (unpaired) electrons. The minimum Gasteiger partial charge on any atom is -0.370 e. The molecule has 142 valence electrons. The van der Waals surface area contributed by atoms with E-state index in [4.69, 9.17) is 4.74 Å². The summed E-state index contributed by atoms with van der Waals surface area (Å²) in [4.78, 5) is 28.9. The summed E-state index contributed by atoms with van der Waals surface area (Å²) in [5.41, 5.74) is 1.84. The molecular weight excluding hydrogens is 332 g/mol. The molecule has 2 bridgehead atoms. The van der Waals surface area contributed by atoms with Crippen LogP contribution in [0.1, 0.15) is 12.0 Å². The zero-order chi connectivity index (χ0) is 18.7. The Balaban J connectivity index is 1.55. The number of rotatable bonds is 5. The van der Waals surface area contributed by atoms with Crippen LogP contribution in [-0.4, -0.2) is 74.2 Å². The standard InChI is InChI=1S/C19H28N4O3/c1-13-6-4-5-7-16(13)21-19(25)23-11-14-10-15(17(12-23)26-14)18(24)20-8-9-22(2)3/h4-7,14-15,17H,8-12H2,1-3H3,(H,20,24)(H,21,25)/t14-,15-,17-/m1/s1. The summed E-state index contributed by atoms with van der Waals surface area (Å²) in [6.07, 6.45) is 0.378. The van der Waals surface area contributed by atoms with E-state index in [1.54, 1.807) is 4.90 Å². The first kappa shape index (κ1) is 18.7. The Morgan fingerprint density at radius 2 is 2.04 bits per heavy atom. The van der Waals surface area contributed by atoms with Gasteiger partial charge in [-0.25, -0.2) is 4.79 Å². The predicted octanol–water partition coefficient (Wildman–Crippen LogP) is 1.29. The number of morpholine rings is 1. The molecule has 2 aliphatic rings. The van der Waals surface area contributed by atoms with E-state index in [9.17, 15) is 9.59 Å². The second-order valence-electron chi connectivity index (χ2n) is 7.38. The Bertz CT molecular complexity index is 664. The van der Waals surface area contributed by atoms with Gasteiger partial charge in [0.25, 0.3) is 0 Å². The summed E-state index contributed by atoms with van der Waals surface area (Å²) in [7, 11) is 3.95. The van der Waals surface area contributed by atoms with Crippen LogP contribution in [-0.2, 0) is 9.53 Å². The maximum Gasteiger partial charge on any atom is 0.322 e. The number of anilines is 1. The van der Waals surface area contributed by atoms with Crippen LogP contribution in [0.5, 0.6) is 0 Å². The molecule has 3 rings (SSSR count). The van der Waals surface area contributed by atoms with E-state index in [0.29, 0.717) is 26.1 Å². The van der Waals surface area contributed by atoms with E-state index in [1.165, 1.54) is 0 Å². The lowest BCUT2D eigenvalue weighted by Crippen LogP contribution is -2.49. The number of hydrogen-bond donors (Lipinski definition) is 2. The van der Waals surface area contributed by atoms with Crippen LogP contribution in [0.3, 0.4) is 0 Å². The largest absolute Gasteiger partial charge is 0.370 e. The maximum atomic E-state index is 12.6. The molecule has 2 fully saturated rings. The third-order valence-electron chi connectivity index (χ3n) is 5.03. The highest BCUT2D eigenvalue weighted by Gasteiger charge is 2.45. The number of para-hydroxylation sites is 1. The van der Waals surface area contributed by atoms with Gasteiger partial charge in [0, 0.05) is 31.9 Å². The van der Waals surface area contributed by atoms with Crippen LogP contribution in [0.4, 0.5) is 10.5 Å². The predicted molar refractivity (Wildman–Crippen MR) is 100 cm³/mol. The van der Waals surface area contributed by atoms with Crippen LogP contribution >= 0.6 is 0 Å². The second kappa shape index (κ2) is 8.05. The number of benzene rings is 1. The van der Waals surface area contributed by atoms with Crippen LogP contribution in [0, 0.1) is 12.8 Å². The van der Waals surface area contributed by atoms with E-state index >= 15 is 0 Å². The first-order chi connectivity index (χ1) is 12.4. The second-order valence-corrected chi connectivity index (χ2v) is 7.38. The monoisotopic (exact) mass is 360 g/mol. The lowest BCUT2D eigenvalue weighted by molar-refractivity contribution is -0.127. The van der Waals surface area contributed by atoms with Crippen LogP contribution in [0.15, 0.2) is 24.3 Å². The smallest absolute Gasteiger partial charge is 0.322 e. The van der Waals surface area contributed by atoms with E-state index in [2.05, 4.69) is 10.6 Å². The van der Waals surface area contributed by atoms with E-state index < -0.39 is 0 Å². The number of nitrogens with one attached hydrogen (secondary N) is 2. The minimum atomic E-state index is -0.226. The molecule has 0 aliphatic carbocycles. The first-order valence-electron chi connectivity index (χ1n) is 9.13. The van der Waals surface area contributed by atoms with Crippen molar-refractivity contribution < 1.29 is 14.3 Å². The van der Waals surface area contributed by atoms with Gasteiger partial charge in [0.1, 0.15) is 0 Å². The first-order valence-corrected chi connectivity index (χ1v) is 9.13. The van der Waals surface area contributed by atoms with Crippen molar-refractivity contribution in [1.82, 2.24) is 15.1 Å². The highest BCUT2D eigenvalue weighted by molar-refractivity contribution is 5.90. The molecule has 0 aromatic heterocycles. The zero-order valence-corrected chi connectivity index (χ0v) is 15.7. The summed E-state index contributed by atoms with van der Waals surface area (Å²) < 4.78 is 5.92. The van der Waals surface area contributed by atoms with Crippen molar-refractivity contribution in [1.29, 1.82) is 0 Å². The summed E-state index contributed by atoms with van der Waals surface area (Å²) in [6, 6.07) is 7.57. The van der Waals surface area contributed by atoms with Gasteiger partial charge in [-0.05, 0) is 39.1 Å². The van der Waals surface area contributed by atoms with Gasteiger partial charge in [0.15, 0.2) is 0 Å². The van der Waals surface area contributed by atoms with E-state index in [-0.39, 0.29) is 30.1 Å². The average Bonchev–Trinajstić information content (AvgIpc) is 2.90. The maximum absolute atomic E-state index is 12.6. The van der Waals surface area contributed by atoms with Gasteiger partial charge >= 0.3 is 6.03 Å². The highest BCUT2D eigenvalue weighted by atomic mass is 16.5. The summed E-state index contributed by atoms with van der Waals surface area (Å²) in [5.74, 6) is -0.154.